The molecule has 0 spiro atoms. The third-order valence-corrected chi connectivity index (χ3v) is 2.08. The van der Waals surface area contributed by atoms with Gasteiger partial charge in [0.2, 0.25) is 5.96 Å². The Morgan fingerprint density at radius 2 is 2.00 bits per heavy atom. The molecule has 1 amide bonds. The van der Waals surface area contributed by atoms with E-state index in [1.165, 1.54) is 0 Å². The number of aliphatic imine (C=N–C) groups is 1. The van der Waals surface area contributed by atoms with Gasteiger partial charge in [-0.15, -0.1) is 0 Å². The summed E-state index contributed by atoms with van der Waals surface area (Å²) in [5.74, 6) is -0.0323. The molecule has 0 atom stereocenters. The zero-order valence-electron chi connectivity index (χ0n) is 11.4. The first kappa shape index (κ1) is 15.0. The second-order valence-corrected chi connectivity index (χ2v) is 4.96. The second kappa shape index (κ2) is 6.19. The van der Waals surface area contributed by atoms with E-state index in [0.29, 0.717) is 12.2 Å². The van der Waals surface area contributed by atoms with Gasteiger partial charge in [0.25, 0.3) is 0 Å². The van der Waals surface area contributed by atoms with Gasteiger partial charge < -0.3 is 16.2 Å². The van der Waals surface area contributed by atoms with Gasteiger partial charge in [-0.1, -0.05) is 18.2 Å². The lowest BCUT2D eigenvalue weighted by Crippen LogP contribution is -2.40. The Kier molecular flexibility index (Phi) is 4.88. The summed E-state index contributed by atoms with van der Waals surface area (Å²) >= 11 is 0. The predicted octanol–water partition coefficient (Wildman–Crippen LogP) is 1.62. The summed E-state index contributed by atoms with van der Waals surface area (Å²) in [7, 11) is 0. The van der Waals surface area contributed by atoms with Crippen LogP contribution in [0.15, 0.2) is 29.3 Å². The van der Waals surface area contributed by atoms with E-state index in [1.807, 2.05) is 18.2 Å². The van der Waals surface area contributed by atoms with Crippen molar-refractivity contribution < 1.29 is 9.53 Å². The van der Waals surface area contributed by atoms with E-state index in [0.717, 1.165) is 5.56 Å². The minimum atomic E-state index is -0.640. The van der Waals surface area contributed by atoms with Crippen molar-refractivity contribution in [2.45, 2.75) is 32.9 Å². The fourth-order valence-corrected chi connectivity index (χ4v) is 1.36. The Labute approximate surface area is 112 Å². The molecule has 0 bridgehead atoms. The second-order valence-electron chi connectivity index (χ2n) is 4.96. The minimum Gasteiger partial charge on any atom is -0.444 e. The van der Waals surface area contributed by atoms with Crippen molar-refractivity contribution in [1.29, 1.82) is 0 Å². The van der Waals surface area contributed by atoms with Crippen LogP contribution in [0.1, 0.15) is 26.3 Å². The molecular weight excluding hydrogens is 244 g/mol. The van der Waals surface area contributed by atoms with Gasteiger partial charge in [-0.3, -0.25) is 5.32 Å². The summed E-state index contributed by atoms with van der Waals surface area (Å²) < 4.78 is 5.07. The smallest absolute Gasteiger partial charge is 0.414 e. The lowest BCUT2D eigenvalue weighted by atomic mass is 10.2. The van der Waals surface area contributed by atoms with Crippen LogP contribution >= 0.6 is 0 Å². The lowest BCUT2D eigenvalue weighted by molar-refractivity contribution is 0.0562. The monoisotopic (exact) mass is 264 g/mol. The molecule has 0 radical (unpaired) electrons. The van der Waals surface area contributed by atoms with Gasteiger partial charge in [0.05, 0.1) is 5.69 Å². The fourth-order valence-electron chi connectivity index (χ4n) is 1.36. The first-order valence-corrected chi connectivity index (χ1v) is 5.94. The van der Waals surface area contributed by atoms with Gasteiger partial charge in [0.15, 0.2) is 0 Å². The quantitative estimate of drug-likeness (QED) is 0.557. The highest BCUT2D eigenvalue weighted by Gasteiger charge is 2.16. The van der Waals surface area contributed by atoms with Gasteiger partial charge in [0, 0.05) is 6.54 Å². The van der Waals surface area contributed by atoms with E-state index >= 15 is 0 Å². The molecule has 0 aliphatic heterocycles. The zero-order valence-corrected chi connectivity index (χ0v) is 11.4. The number of rotatable bonds is 2. The van der Waals surface area contributed by atoms with Crippen molar-refractivity contribution in [2.24, 2.45) is 16.5 Å². The van der Waals surface area contributed by atoms with Crippen molar-refractivity contribution in [2.75, 3.05) is 0 Å². The van der Waals surface area contributed by atoms with Gasteiger partial charge >= 0.3 is 6.09 Å². The first-order valence-electron chi connectivity index (χ1n) is 5.94. The number of ether oxygens (including phenoxy) is 1. The van der Waals surface area contributed by atoms with E-state index < -0.39 is 11.7 Å². The normalized spacial score (nSPS) is 12.1. The molecule has 0 aliphatic rings. The largest absolute Gasteiger partial charge is 0.444 e. The van der Waals surface area contributed by atoms with Crippen LogP contribution in [0.4, 0.5) is 10.5 Å². The zero-order chi connectivity index (χ0) is 14.5. The Bertz CT molecular complexity index is 478. The molecule has 5 N–H and O–H groups in total. The average Bonchev–Trinajstić information content (AvgIpc) is 2.26. The van der Waals surface area contributed by atoms with Crippen LogP contribution < -0.4 is 16.8 Å². The number of hydrogen-bond donors (Lipinski definition) is 3. The predicted molar refractivity (Wildman–Crippen MR) is 75.0 cm³/mol. The van der Waals surface area contributed by atoms with E-state index in [1.54, 1.807) is 26.8 Å². The van der Waals surface area contributed by atoms with Crippen LogP contribution in [0, 0.1) is 0 Å². The standard InChI is InChI=1S/C13H20N4O2/c1-13(2,3)19-12(18)17-11(15)16-10-7-5-4-6-9(10)8-14/h4-7H,8,14H2,1-3H3,(H3,15,16,17,18). The summed E-state index contributed by atoms with van der Waals surface area (Å²) in [6.07, 6.45) is -0.640. The minimum absolute atomic E-state index is 0.0323. The number of para-hydroxylation sites is 1. The molecule has 1 rings (SSSR count). The highest BCUT2D eigenvalue weighted by Crippen LogP contribution is 2.17. The van der Waals surface area contributed by atoms with Crippen molar-refractivity contribution in [1.82, 2.24) is 5.32 Å². The Hall–Kier alpha value is -2.08. The van der Waals surface area contributed by atoms with Crippen molar-refractivity contribution in [3.8, 4) is 0 Å². The summed E-state index contributed by atoms with van der Waals surface area (Å²) in [5.41, 5.74) is 12.1. The summed E-state index contributed by atoms with van der Waals surface area (Å²) in [6, 6.07) is 7.29. The number of alkyl carbamates (subject to hydrolysis) is 1. The third-order valence-electron chi connectivity index (χ3n) is 2.08. The lowest BCUT2D eigenvalue weighted by Gasteiger charge is -2.19. The molecule has 1 aromatic carbocycles. The summed E-state index contributed by atoms with van der Waals surface area (Å²) in [6.45, 7) is 5.65. The van der Waals surface area contributed by atoms with Crippen LogP contribution in [0.2, 0.25) is 0 Å². The van der Waals surface area contributed by atoms with Crippen molar-refractivity contribution >= 4 is 17.7 Å². The SMILES string of the molecule is CC(C)(C)OC(=O)NC(N)=Nc1ccccc1CN. The number of hydrogen-bond acceptors (Lipinski definition) is 4. The number of nitrogens with one attached hydrogen (secondary N) is 1. The number of benzene rings is 1. The molecule has 0 aromatic heterocycles. The number of guanidine groups is 1. The van der Waals surface area contributed by atoms with Gasteiger partial charge in [0.1, 0.15) is 5.60 Å². The fraction of sp³-hybridized carbons (Fsp3) is 0.385. The molecule has 0 saturated heterocycles. The number of amides is 1. The van der Waals surface area contributed by atoms with E-state index in [9.17, 15) is 4.79 Å². The molecule has 104 valence electrons. The molecule has 19 heavy (non-hydrogen) atoms. The maximum Gasteiger partial charge on any atom is 0.414 e. The first-order chi connectivity index (χ1) is 8.81. The molecule has 0 fully saturated rings. The van der Waals surface area contributed by atoms with E-state index in [2.05, 4.69) is 10.3 Å². The average molecular weight is 264 g/mol. The highest BCUT2D eigenvalue weighted by atomic mass is 16.6. The number of nitrogens with zero attached hydrogens (tertiary/aromatic N) is 1. The number of carbonyl (C=O) groups is 1. The topological polar surface area (TPSA) is 103 Å². The van der Waals surface area contributed by atoms with Crippen LogP contribution in [0.5, 0.6) is 0 Å². The van der Waals surface area contributed by atoms with E-state index in [4.69, 9.17) is 16.2 Å². The van der Waals surface area contributed by atoms with Crippen LogP contribution in [-0.4, -0.2) is 17.7 Å². The van der Waals surface area contributed by atoms with Gasteiger partial charge in [-0.25, -0.2) is 9.79 Å². The molecule has 1 aromatic rings. The molecule has 6 nitrogen and oxygen atoms in total. The van der Waals surface area contributed by atoms with Crippen molar-refractivity contribution in [3.05, 3.63) is 29.8 Å². The summed E-state index contributed by atoms with van der Waals surface area (Å²) in [5, 5.41) is 2.36. The number of nitrogens with two attached hydrogens (primary N) is 2. The maximum atomic E-state index is 11.5. The van der Waals surface area contributed by atoms with Crippen LogP contribution in [0.3, 0.4) is 0 Å². The maximum absolute atomic E-state index is 11.5. The number of carbonyl (C=O) groups excluding carboxylic acids is 1. The van der Waals surface area contributed by atoms with Crippen molar-refractivity contribution in [3.63, 3.8) is 0 Å². The Morgan fingerprint density at radius 3 is 2.58 bits per heavy atom. The molecule has 0 unspecified atom stereocenters. The molecule has 0 saturated carbocycles. The van der Waals surface area contributed by atoms with Crippen LogP contribution in [0.25, 0.3) is 0 Å². The summed E-state index contributed by atoms with van der Waals surface area (Å²) in [4.78, 5) is 15.6. The van der Waals surface area contributed by atoms with Crippen LogP contribution in [-0.2, 0) is 11.3 Å². The van der Waals surface area contributed by atoms with Gasteiger partial charge in [-0.05, 0) is 32.4 Å². The Balaban J connectivity index is 2.74. The molecule has 6 heteroatoms. The Morgan fingerprint density at radius 1 is 1.37 bits per heavy atom. The third kappa shape index (κ3) is 5.39. The van der Waals surface area contributed by atoms with Gasteiger partial charge in [-0.2, -0.15) is 0 Å². The molecular formula is C13H20N4O2. The molecule has 0 heterocycles. The highest BCUT2D eigenvalue weighted by molar-refractivity contribution is 5.94. The van der Waals surface area contributed by atoms with E-state index in [-0.39, 0.29) is 5.96 Å². The molecule has 0 aliphatic carbocycles.